The number of rotatable bonds is 4. The quantitative estimate of drug-likeness (QED) is 0.860. The van der Waals surface area contributed by atoms with E-state index in [0.717, 1.165) is 43.0 Å². The van der Waals surface area contributed by atoms with E-state index in [4.69, 9.17) is 9.97 Å². The first-order valence-corrected chi connectivity index (χ1v) is 8.56. The number of nitrogens with zero attached hydrogens (tertiary/aromatic N) is 4. The molecule has 3 rings (SSSR count). The van der Waals surface area contributed by atoms with Gasteiger partial charge in [-0.2, -0.15) is 0 Å². The summed E-state index contributed by atoms with van der Waals surface area (Å²) in [5.74, 6) is 1.28. The Labute approximate surface area is 143 Å². The number of anilines is 1. The molecule has 1 atom stereocenters. The van der Waals surface area contributed by atoms with E-state index in [1.807, 2.05) is 25.1 Å². The second kappa shape index (κ2) is 6.85. The molecule has 4 nitrogen and oxygen atoms in total. The second-order valence-electron chi connectivity index (χ2n) is 6.68. The van der Waals surface area contributed by atoms with Gasteiger partial charge in [-0.25, -0.2) is 14.4 Å². The van der Waals surface area contributed by atoms with Crippen molar-refractivity contribution >= 4 is 5.82 Å². The smallest absolute Gasteiger partial charge is 0.161 e. The van der Waals surface area contributed by atoms with Crippen LogP contribution >= 0.6 is 0 Å². The van der Waals surface area contributed by atoms with Gasteiger partial charge < -0.3 is 4.90 Å². The average Bonchev–Trinajstić information content (AvgIpc) is 2.59. The van der Waals surface area contributed by atoms with Crippen molar-refractivity contribution in [3.8, 4) is 11.4 Å². The number of hydrogen-bond acceptors (Lipinski definition) is 4. The van der Waals surface area contributed by atoms with Gasteiger partial charge in [0.2, 0.25) is 0 Å². The van der Waals surface area contributed by atoms with Gasteiger partial charge in [-0.1, -0.05) is 19.1 Å². The summed E-state index contributed by atoms with van der Waals surface area (Å²) in [4.78, 5) is 14.0. The van der Waals surface area contributed by atoms with Crippen LogP contribution in [0.1, 0.15) is 31.5 Å². The molecule has 2 aromatic rings. The molecule has 0 spiro atoms. The van der Waals surface area contributed by atoms with Gasteiger partial charge in [-0.3, -0.25) is 4.90 Å². The highest BCUT2D eigenvalue weighted by Gasteiger charge is 2.25. The summed E-state index contributed by atoms with van der Waals surface area (Å²) in [7, 11) is 4.00. The first kappa shape index (κ1) is 16.8. The molecular formula is C19H25FN4. The fourth-order valence-corrected chi connectivity index (χ4v) is 3.18. The maximum atomic E-state index is 13.6. The van der Waals surface area contributed by atoms with Crippen molar-refractivity contribution in [2.24, 2.45) is 0 Å². The molecule has 0 amide bonds. The normalized spacial score (nSPS) is 15.9. The predicted octanol–water partition coefficient (Wildman–Crippen LogP) is 3.51. The third-order valence-electron chi connectivity index (χ3n) is 4.79. The summed E-state index contributed by atoms with van der Waals surface area (Å²) < 4.78 is 13.6. The van der Waals surface area contributed by atoms with E-state index in [1.54, 1.807) is 6.07 Å². The van der Waals surface area contributed by atoms with E-state index < -0.39 is 0 Å². The van der Waals surface area contributed by atoms with E-state index in [0.29, 0.717) is 11.9 Å². The van der Waals surface area contributed by atoms with E-state index >= 15 is 0 Å². The summed E-state index contributed by atoms with van der Waals surface area (Å²) in [5, 5.41) is 0. The van der Waals surface area contributed by atoms with Gasteiger partial charge in [0.1, 0.15) is 11.6 Å². The van der Waals surface area contributed by atoms with Crippen LogP contribution in [0.15, 0.2) is 24.3 Å². The van der Waals surface area contributed by atoms with Crippen LogP contribution in [0.4, 0.5) is 10.2 Å². The maximum Gasteiger partial charge on any atom is 0.161 e. The third-order valence-corrected chi connectivity index (χ3v) is 4.79. The standard InChI is InChI=1S/C19H25FN4/c1-5-13(2)24-10-9-17-16(12-24)19(23(3)4)22-18(21-17)14-7-6-8-15(20)11-14/h6-8,11,13H,5,9-10,12H2,1-4H3/t13-/m1/s1. The van der Waals surface area contributed by atoms with Gasteiger partial charge in [0, 0.05) is 50.8 Å². The molecule has 2 heterocycles. The predicted molar refractivity (Wildman–Crippen MR) is 95.6 cm³/mol. The van der Waals surface area contributed by atoms with Crippen molar-refractivity contribution in [3.63, 3.8) is 0 Å². The summed E-state index contributed by atoms with van der Waals surface area (Å²) in [6, 6.07) is 7.05. The average molecular weight is 328 g/mol. The molecule has 0 fully saturated rings. The minimum Gasteiger partial charge on any atom is -0.362 e. The molecule has 128 valence electrons. The molecule has 0 N–H and O–H groups in total. The van der Waals surface area contributed by atoms with E-state index in [-0.39, 0.29) is 5.82 Å². The van der Waals surface area contributed by atoms with Crippen LogP contribution in [0.25, 0.3) is 11.4 Å². The van der Waals surface area contributed by atoms with Crippen molar-refractivity contribution in [1.82, 2.24) is 14.9 Å². The topological polar surface area (TPSA) is 32.3 Å². The molecular weight excluding hydrogens is 303 g/mol. The van der Waals surface area contributed by atoms with Gasteiger partial charge in [0.05, 0.1) is 5.69 Å². The zero-order valence-electron chi connectivity index (χ0n) is 14.9. The van der Waals surface area contributed by atoms with Gasteiger partial charge >= 0.3 is 0 Å². The number of fused-ring (bicyclic) bond motifs is 1. The summed E-state index contributed by atoms with van der Waals surface area (Å²) in [6.07, 6.45) is 2.04. The second-order valence-corrected chi connectivity index (χ2v) is 6.68. The third kappa shape index (κ3) is 3.26. The molecule has 1 aromatic heterocycles. The molecule has 0 saturated heterocycles. The van der Waals surface area contributed by atoms with Gasteiger partial charge in [0.15, 0.2) is 5.82 Å². The monoisotopic (exact) mass is 328 g/mol. The number of halogens is 1. The zero-order valence-corrected chi connectivity index (χ0v) is 14.9. The highest BCUT2D eigenvalue weighted by Crippen LogP contribution is 2.29. The van der Waals surface area contributed by atoms with Crippen LogP contribution in [0.2, 0.25) is 0 Å². The van der Waals surface area contributed by atoms with Crippen LogP contribution < -0.4 is 4.90 Å². The Balaban J connectivity index is 2.04. The first-order chi connectivity index (χ1) is 11.5. The Morgan fingerprint density at radius 3 is 2.75 bits per heavy atom. The molecule has 1 aromatic carbocycles. The first-order valence-electron chi connectivity index (χ1n) is 8.56. The molecule has 1 aliphatic heterocycles. The van der Waals surface area contributed by atoms with Gasteiger partial charge in [-0.15, -0.1) is 0 Å². The lowest BCUT2D eigenvalue weighted by Crippen LogP contribution is -2.38. The zero-order chi connectivity index (χ0) is 17.3. The SMILES string of the molecule is CC[C@@H](C)N1CCc2nc(-c3cccc(F)c3)nc(N(C)C)c2C1. The minimum atomic E-state index is -0.261. The Kier molecular flexibility index (Phi) is 4.81. The molecule has 0 bridgehead atoms. The number of benzene rings is 1. The molecule has 1 aliphatic rings. The number of aromatic nitrogens is 2. The van der Waals surface area contributed by atoms with Crippen molar-refractivity contribution in [3.05, 3.63) is 41.3 Å². The fourth-order valence-electron chi connectivity index (χ4n) is 3.18. The molecule has 5 heteroatoms. The van der Waals surface area contributed by atoms with Crippen LogP contribution in [0, 0.1) is 5.82 Å². The van der Waals surface area contributed by atoms with E-state index in [9.17, 15) is 4.39 Å². The van der Waals surface area contributed by atoms with Crippen molar-refractivity contribution in [2.45, 2.75) is 39.3 Å². The Morgan fingerprint density at radius 1 is 1.29 bits per heavy atom. The van der Waals surface area contributed by atoms with Crippen LogP contribution in [0.5, 0.6) is 0 Å². The highest BCUT2D eigenvalue weighted by atomic mass is 19.1. The Hall–Kier alpha value is -2.01. The lowest BCUT2D eigenvalue weighted by Gasteiger charge is -2.34. The van der Waals surface area contributed by atoms with Crippen molar-refractivity contribution in [1.29, 1.82) is 0 Å². The van der Waals surface area contributed by atoms with Crippen molar-refractivity contribution < 1.29 is 4.39 Å². The summed E-state index contributed by atoms with van der Waals surface area (Å²) in [6.45, 7) is 6.37. The van der Waals surface area contributed by atoms with Gasteiger partial charge in [0.25, 0.3) is 0 Å². The van der Waals surface area contributed by atoms with Gasteiger partial charge in [-0.05, 0) is 25.5 Å². The van der Waals surface area contributed by atoms with Crippen LogP contribution in [0.3, 0.4) is 0 Å². The summed E-state index contributed by atoms with van der Waals surface area (Å²) >= 11 is 0. The largest absolute Gasteiger partial charge is 0.362 e. The molecule has 0 aliphatic carbocycles. The lowest BCUT2D eigenvalue weighted by atomic mass is 10.0. The maximum absolute atomic E-state index is 13.6. The highest BCUT2D eigenvalue weighted by molar-refractivity contribution is 5.60. The lowest BCUT2D eigenvalue weighted by molar-refractivity contribution is 0.185. The van der Waals surface area contributed by atoms with Crippen LogP contribution in [-0.4, -0.2) is 41.5 Å². The number of hydrogen-bond donors (Lipinski definition) is 0. The summed E-state index contributed by atoms with van der Waals surface area (Å²) in [5.41, 5.74) is 3.02. The molecule has 0 saturated carbocycles. The van der Waals surface area contributed by atoms with E-state index in [2.05, 4.69) is 18.7 Å². The molecule has 0 unspecified atom stereocenters. The Morgan fingerprint density at radius 2 is 2.08 bits per heavy atom. The van der Waals surface area contributed by atoms with Crippen molar-refractivity contribution in [2.75, 3.05) is 25.5 Å². The molecule has 0 radical (unpaired) electrons. The Bertz CT molecular complexity index is 729. The minimum absolute atomic E-state index is 0.261. The fraction of sp³-hybridized carbons (Fsp3) is 0.474. The van der Waals surface area contributed by atoms with E-state index in [1.165, 1.54) is 17.7 Å². The molecule has 24 heavy (non-hydrogen) atoms. The van der Waals surface area contributed by atoms with Crippen LogP contribution in [-0.2, 0) is 13.0 Å².